The molecular formula is C7H14N2. The number of nitrogens with zero attached hydrogens (tertiary/aromatic N) is 2. The van der Waals surface area contributed by atoms with Crippen LogP contribution in [0.15, 0.2) is 12.3 Å². The van der Waals surface area contributed by atoms with Gasteiger partial charge < -0.3 is 4.90 Å². The summed E-state index contributed by atoms with van der Waals surface area (Å²) in [6.45, 7) is 3.24. The molecule has 0 aromatic rings. The maximum atomic E-state index is 2.29. The van der Waals surface area contributed by atoms with Crippen molar-refractivity contribution in [3.8, 4) is 0 Å². The molecule has 0 aromatic carbocycles. The van der Waals surface area contributed by atoms with Gasteiger partial charge in [0.15, 0.2) is 0 Å². The molecule has 1 rings (SSSR count). The van der Waals surface area contributed by atoms with E-state index < -0.39 is 0 Å². The normalized spacial score (nSPS) is 29.2. The van der Waals surface area contributed by atoms with Crippen LogP contribution >= 0.6 is 0 Å². The highest BCUT2D eigenvalue weighted by atomic mass is 15.3. The van der Waals surface area contributed by atoms with E-state index in [0.717, 1.165) is 6.67 Å². The zero-order chi connectivity index (χ0) is 6.85. The lowest BCUT2D eigenvalue weighted by Gasteiger charge is -2.31. The zero-order valence-electron chi connectivity index (χ0n) is 6.33. The lowest BCUT2D eigenvalue weighted by Crippen LogP contribution is -2.39. The minimum atomic E-state index is 0.598. The van der Waals surface area contributed by atoms with Gasteiger partial charge in [0.05, 0.1) is 6.67 Å². The first kappa shape index (κ1) is 6.62. The first-order valence-corrected chi connectivity index (χ1v) is 3.29. The van der Waals surface area contributed by atoms with Crippen LogP contribution in [0.2, 0.25) is 0 Å². The van der Waals surface area contributed by atoms with Gasteiger partial charge in [-0.1, -0.05) is 6.08 Å². The monoisotopic (exact) mass is 126 g/mol. The van der Waals surface area contributed by atoms with Gasteiger partial charge in [-0.05, 0) is 20.2 Å². The fraction of sp³-hybridized carbons (Fsp3) is 0.714. The molecular weight excluding hydrogens is 112 g/mol. The predicted octanol–water partition coefficient (Wildman–Crippen LogP) is 0.723. The standard InChI is InChI=1S/C7H14N2/c1-7-4-5-8(2)6-9(7)3/h4-5,7H,6H2,1-3H3. The van der Waals surface area contributed by atoms with E-state index in [1.807, 2.05) is 0 Å². The van der Waals surface area contributed by atoms with Gasteiger partial charge in [0.25, 0.3) is 0 Å². The maximum Gasteiger partial charge on any atom is 0.0700 e. The summed E-state index contributed by atoms with van der Waals surface area (Å²) in [4.78, 5) is 4.46. The van der Waals surface area contributed by atoms with Gasteiger partial charge in [-0.25, -0.2) is 0 Å². The maximum absolute atomic E-state index is 2.29. The molecule has 0 amide bonds. The molecule has 2 nitrogen and oxygen atoms in total. The summed E-state index contributed by atoms with van der Waals surface area (Å²) < 4.78 is 0. The summed E-state index contributed by atoms with van der Waals surface area (Å²) in [6, 6.07) is 0.598. The van der Waals surface area contributed by atoms with E-state index in [1.54, 1.807) is 0 Å². The minimum Gasteiger partial charge on any atom is -0.368 e. The summed E-state index contributed by atoms with van der Waals surface area (Å²) >= 11 is 0. The van der Waals surface area contributed by atoms with Crippen molar-refractivity contribution in [2.75, 3.05) is 20.8 Å². The quantitative estimate of drug-likeness (QED) is 0.472. The second kappa shape index (κ2) is 2.40. The molecule has 1 aliphatic heterocycles. The van der Waals surface area contributed by atoms with Crippen molar-refractivity contribution in [1.29, 1.82) is 0 Å². The van der Waals surface area contributed by atoms with Crippen molar-refractivity contribution in [1.82, 2.24) is 9.80 Å². The summed E-state index contributed by atoms with van der Waals surface area (Å²) in [5, 5.41) is 0. The zero-order valence-corrected chi connectivity index (χ0v) is 6.33. The van der Waals surface area contributed by atoms with Crippen molar-refractivity contribution >= 4 is 0 Å². The molecule has 1 atom stereocenters. The average molecular weight is 126 g/mol. The Morgan fingerprint density at radius 1 is 1.44 bits per heavy atom. The molecule has 0 bridgehead atoms. The molecule has 0 fully saturated rings. The fourth-order valence-corrected chi connectivity index (χ4v) is 0.946. The Morgan fingerprint density at radius 3 is 2.56 bits per heavy atom. The Labute approximate surface area is 56.8 Å². The van der Waals surface area contributed by atoms with Crippen LogP contribution in [-0.4, -0.2) is 36.6 Å². The predicted molar refractivity (Wildman–Crippen MR) is 39.0 cm³/mol. The number of hydrogen-bond donors (Lipinski definition) is 0. The van der Waals surface area contributed by atoms with Gasteiger partial charge in [0.1, 0.15) is 0 Å². The van der Waals surface area contributed by atoms with Gasteiger partial charge >= 0.3 is 0 Å². The molecule has 0 spiro atoms. The van der Waals surface area contributed by atoms with Crippen LogP contribution in [0.4, 0.5) is 0 Å². The SMILES string of the molecule is CC1C=CN(C)CN1C. The summed E-state index contributed by atoms with van der Waals surface area (Å²) in [5.41, 5.74) is 0. The lowest BCUT2D eigenvalue weighted by atomic mass is 10.3. The molecule has 1 heterocycles. The Kier molecular flexibility index (Phi) is 1.76. The van der Waals surface area contributed by atoms with Crippen LogP contribution in [0, 0.1) is 0 Å². The molecule has 52 valence electrons. The second-order valence-corrected chi connectivity index (χ2v) is 2.74. The molecule has 0 saturated heterocycles. The van der Waals surface area contributed by atoms with Gasteiger partial charge in [-0.2, -0.15) is 0 Å². The van der Waals surface area contributed by atoms with Gasteiger partial charge in [0, 0.05) is 13.1 Å². The van der Waals surface area contributed by atoms with E-state index in [0.29, 0.717) is 6.04 Å². The van der Waals surface area contributed by atoms with Crippen LogP contribution in [-0.2, 0) is 0 Å². The van der Waals surface area contributed by atoms with Crippen LogP contribution in [0.25, 0.3) is 0 Å². The van der Waals surface area contributed by atoms with Gasteiger partial charge in [-0.15, -0.1) is 0 Å². The summed E-state index contributed by atoms with van der Waals surface area (Å²) in [6.07, 6.45) is 4.33. The summed E-state index contributed by atoms with van der Waals surface area (Å²) in [5.74, 6) is 0. The Balaban J connectivity index is 2.54. The summed E-state index contributed by atoms with van der Waals surface area (Å²) in [7, 11) is 4.21. The number of hydrogen-bond acceptors (Lipinski definition) is 2. The third-order valence-electron chi connectivity index (χ3n) is 1.76. The molecule has 1 unspecified atom stereocenters. The average Bonchev–Trinajstić information content (AvgIpc) is 1.80. The number of rotatable bonds is 0. The van der Waals surface area contributed by atoms with Crippen molar-refractivity contribution in [3.05, 3.63) is 12.3 Å². The molecule has 0 N–H and O–H groups in total. The first-order valence-electron chi connectivity index (χ1n) is 3.29. The van der Waals surface area contributed by atoms with E-state index in [9.17, 15) is 0 Å². The van der Waals surface area contributed by atoms with Crippen molar-refractivity contribution in [3.63, 3.8) is 0 Å². The molecule has 1 aliphatic rings. The van der Waals surface area contributed by atoms with E-state index in [-0.39, 0.29) is 0 Å². The van der Waals surface area contributed by atoms with Gasteiger partial charge in [-0.3, -0.25) is 4.90 Å². The molecule has 0 radical (unpaired) electrons. The third-order valence-corrected chi connectivity index (χ3v) is 1.76. The van der Waals surface area contributed by atoms with Crippen molar-refractivity contribution in [2.45, 2.75) is 13.0 Å². The fourth-order valence-electron chi connectivity index (χ4n) is 0.946. The highest BCUT2D eigenvalue weighted by Crippen LogP contribution is 2.04. The largest absolute Gasteiger partial charge is 0.368 e. The molecule has 2 heteroatoms. The topological polar surface area (TPSA) is 6.48 Å². The Morgan fingerprint density at radius 2 is 2.11 bits per heavy atom. The molecule has 0 aromatic heterocycles. The van der Waals surface area contributed by atoms with Crippen LogP contribution < -0.4 is 0 Å². The van der Waals surface area contributed by atoms with Gasteiger partial charge in [0.2, 0.25) is 0 Å². The highest BCUT2D eigenvalue weighted by Gasteiger charge is 2.10. The van der Waals surface area contributed by atoms with E-state index in [1.165, 1.54) is 0 Å². The number of likely N-dealkylation sites (N-methyl/N-ethyl adjacent to an activating group) is 1. The molecule has 0 aliphatic carbocycles. The van der Waals surface area contributed by atoms with Crippen LogP contribution in [0.5, 0.6) is 0 Å². The lowest BCUT2D eigenvalue weighted by molar-refractivity contribution is 0.184. The first-order chi connectivity index (χ1) is 4.20. The molecule has 0 saturated carbocycles. The molecule has 9 heavy (non-hydrogen) atoms. The Hall–Kier alpha value is -0.500. The van der Waals surface area contributed by atoms with E-state index >= 15 is 0 Å². The Bertz CT molecular complexity index is 120. The van der Waals surface area contributed by atoms with Crippen molar-refractivity contribution < 1.29 is 0 Å². The highest BCUT2D eigenvalue weighted by molar-refractivity contribution is 4.94. The van der Waals surface area contributed by atoms with Crippen molar-refractivity contribution in [2.24, 2.45) is 0 Å². The van der Waals surface area contributed by atoms with Crippen LogP contribution in [0.3, 0.4) is 0 Å². The van der Waals surface area contributed by atoms with Crippen LogP contribution in [0.1, 0.15) is 6.92 Å². The van der Waals surface area contributed by atoms with E-state index in [4.69, 9.17) is 0 Å². The van der Waals surface area contributed by atoms with E-state index in [2.05, 4.69) is 43.1 Å². The third kappa shape index (κ3) is 1.45. The minimum absolute atomic E-state index is 0.598. The second-order valence-electron chi connectivity index (χ2n) is 2.74. The smallest absolute Gasteiger partial charge is 0.0700 e.